The summed E-state index contributed by atoms with van der Waals surface area (Å²) < 4.78 is 0. The smallest absolute Gasteiger partial charge is 0.0344 e. The monoisotopic (exact) mass is 186 g/mol. The molecule has 1 saturated heterocycles. The highest BCUT2D eigenvalue weighted by Crippen LogP contribution is 2.07. The molecule has 0 unspecified atom stereocenters. The number of rotatable bonds is 1. The predicted molar refractivity (Wildman–Crippen MR) is 49.5 cm³/mol. The summed E-state index contributed by atoms with van der Waals surface area (Å²) in [5.41, 5.74) is 0. The van der Waals surface area contributed by atoms with E-state index in [0.717, 1.165) is 6.04 Å². The van der Waals surface area contributed by atoms with Gasteiger partial charge in [-0.25, -0.2) is 0 Å². The van der Waals surface area contributed by atoms with Crippen molar-refractivity contribution in [3.05, 3.63) is 0 Å². The lowest BCUT2D eigenvalue weighted by Crippen LogP contribution is -2.55. The van der Waals surface area contributed by atoms with Crippen LogP contribution in [0, 0.1) is 0 Å². The molecule has 4 heteroatoms. The Bertz CT molecular complexity index is 81.8. The standard InChI is InChI=1S/C6H14N2.2ClH/c1-7(2)6-4-8(3)5-6;;/h6H,4-5H2,1-3H3;2*1H. The summed E-state index contributed by atoms with van der Waals surface area (Å²) in [7, 11) is 6.43. The number of halogens is 2. The summed E-state index contributed by atoms with van der Waals surface area (Å²) in [5.74, 6) is 0. The van der Waals surface area contributed by atoms with Crippen LogP contribution in [0.2, 0.25) is 0 Å². The van der Waals surface area contributed by atoms with E-state index in [0.29, 0.717) is 0 Å². The Labute approximate surface area is 75.4 Å². The third-order valence-electron chi connectivity index (χ3n) is 1.78. The third kappa shape index (κ3) is 3.06. The Hall–Kier alpha value is 0.500. The van der Waals surface area contributed by atoms with Crippen LogP contribution in [0.15, 0.2) is 0 Å². The van der Waals surface area contributed by atoms with Crippen LogP contribution < -0.4 is 0 Å². The average molecular weight is 187 g/mol. The van der Waals surface area contributed by atoms with Crippen LogP contribution in [-0.4, -0.2) is 50.1 Å². The lowest BCUT2D eigenvalue weighted by Gasteiger charge is -2.40. The van der Waals surface area contributed by atoms with Gasteiger partial charge in [-0.2, -0.15) is 0 Å². The molecule has 1 aliphatic heterocycles. The Morgan fingerprint density at radius 1 is 1.20 bits per heavy atom. The molecular formula is C6H16Cl2N2. The van der Waals surface area contributed by atoms with Gasteiger partial charge < -0.3 is 9.80 Å². The zero-order chi connectivity index (χ0) is 6.15. The van der Waals surface area contributed by atoms with Crippen LogP contribution in [0.25, 0.3) is 0 Å². The topological polar surface area (TPSA) is 6.48 Å². The molecule has 0 saturated carbocycles. The summed E-state index contributed by atoms with van der Waals surface area (Å²) in [6.45, 7) is 2.49. The van der Waals surface area contributed by atoms with Crippen LogP contribution in [-0.2, 0) is 0 Å². The maximum Gasteiger partial charge on any atom is 0.0344 e. The van der Waals surface area contributed by atoms with Crippen LogP contribution in [0.1, 0.15) is 0 Å². The molecule has 2 nitrogen and oxygen atoms in total. The van der Waals surface area contributed by atoms with Crippen molar-refractivity contribution >= 4 is 24.8 Å². The normalized spacial score (nSPS) is 19.2. The first-order valence-electron chi connectivity index (χ1n) is 3.05. The van der Waals surface area contributed by atoms with Crippen molar-refractivity contribution in [3.8, 4) is 0 Å². The third-order valence-corrected chi connectivity index (χ3v) is 1.78. The SMILES string of the molecule is CN1CC(N(C)C)C1.Cl.Cl. The van der Waals surface area contributed by atoms with Gasteiger partial charge in [0.05, 0.1) is 0 Å². The minimum absolute atomic E-state index is 0. The average Bonchev–Trinajstić information content (AvgIpc) is 1.57. The van der Waals surface area contributed by atoms with E-state index in [1.165, 1.54) is 13.1 Å². The van der Waals surface area contributed by atoms with Gasteiger partial charge in [0, 0.05) is 19.1 Å². The molecule has 0 amide bonds. The molecule has 0 aromatic heterocycles. The van der Waals surface area contributed by atoms with Crippen molar-refractivity contribution in [1.82, 2.24) is 9.80 Å². The van der Waals surface area contributed by atoms with Gasteiger partial charge in [0.1, 0.15) is 0 Å². The summed E-state index contributed by atoms with van der Waals surface area (Å²) in [6, 6.07) is 0.819. The minimum Gasteiger partial charge on any atom is -0.304 e. The molecular weight excluding hydrogens is 171 g/mol. The van der Waals surface area contributed by atoms with Crippen LogP contribution >= 0.6 is 24.8 Å². The van der Waals surface area contributed by atoms with Crippen molar-refractivity contribution in [1.29, 1.82) is 0 Å². The first-order valence-corrected chi connectivity index (χ1v) is 3.05. The predicted octanol–water partition coefficient (Wildman–Crippen LogP) is 0.706. The van der Waals surface area contributed by atoms with E-state index < -0.39 is 0 Å². The van der Waals surface area contributed by atoms with Crippen LogP contribution in [0.5, 0.6) is 0 Å². The zero-order valence-corrected chi connectivity index (χ0v) is 8.34. The van der Waals surface area contributed by atoms with E-state index in [2.05, 4.69) is 30.9 Å². The molecule has 1 fully saturated rings. The highest BCUT2D eigenvalue weighted by atomic mass is 35.5. The highest BCUT2D eigenvalue weighted by Gasteiger charge is 2.23. The molecule has 0 aromatic carbocycles. The lowest BCUT2D eigenvalue weighted by molar-refractivity contribution is 0.0878. The molecule has 0 radical (unpaired) electrons. The Kier molecular flexibility index (Phi) is 6.81. The van der Waals surface area contributed by atoms with Gasteiger partial charge in [-0.05, 0) is 21.1 Å². The van der Waals surface area contributed by atoms with Gasteiger partial charge in [0.15, 0.2) is 0 Å². The molecule has 0 aliphatic carbocycles. The fourth-order valence-corrected chi connectivity index (χ4v) is 0.993. The summed E-state index contributed by atoms with van der Waals surface area (Å²) in [6.07, 6.45) is 0. The molecule has 10 heavy (non-hydrogen) atoms. The van der Waals surface area contributed by atoms with Crippen molar-refractivity contribution in [2.45, 2.75) is 6.04 Å². The fourth-order valence-electron chi connectivity index (χ4n) is 0.993. The quantitative estimate of drug-likeness (QED) is 0.596. The second kappa shape index (κ2) is 5.19. The minimum atomic E-state index is 0. The van der Waals surface area contributed by atoms with Gasteiger partial charge >= 0.3 is 0 Å². The Morgan fingerprint density at radius 2 is 1.60 bits per heavy atom. The van der Waals surface area contributed by atoms with Crippen molar-refractivity contribution < 1.29 is 0 Å². The van der Waals surface area contributed by atoms with Crippen molar-refractivity contribution in [2.75, 3.05) is 34.2 Å². The molecule has 0 N–H and O–H groups in total. The molecule has 0 bridgehead atoms. The van der Waals surface area contributed by atoms with E-state index in [1.54, 1.807) is 0 Å². The second-order valence-electron chi connectivity index (χ2n) is 2.84. The summed E-state index contributed by atoms with van der Waals surface area (Å²) >= 11 is 0. The van der Waals surface area contributed by atoms with Crippen molar-refractivity contribution in [2.24, 2.45) is 0 Å². The van der Waals surface area contributed by atoms with Crippen molar-refractivity contribution in [3.63, 3.8) is 0 Å². The van der Waals surface area contributed by atoms with E-state index >= 15 is 0 Å². The zero-order valence-electron chi connectivity index (χ0n) is 6.70. The Balaban J connectivity index is 0. The first kappa shape index (κ1) is 13.1. The maximum absolute atomic E-state index is 2.32. The van der Waals surface area contributed by atoms with E-state index in [1.807, 2.05) is 0 Å². The molecule has 0 spiro atoms. The second-order valence-corrected chi connectivity index (χ2v) is 2.84. The lowest BCUT2D eigenvalue weighted by atomic mass is 10.1. The number of likely N-dealkylation sites (N-methyl/N-ethyl adjacent to an activating group) is 2. The van der Waals surface area contributed by atoms with Gasteiger partial charge in [0.25, 0.3) is 0 Å². The molecule has 1 aliphatic rings. The molecule has 64 valence electrons. The fraction of sp³-hybridized carbons (Fsp3) is 1.00. The van der Waals surface area contributed by atoms with E-state index in [9.17, 15) is 0 Å². The summed E-state index contributed by atoms with van der Waals surface area (Å²) in [5, 5.41) is 0. The molecule has 1 heterocycles. The van der Waals surface area contributed by atoms with Crippen LogP contribution in [0.3, 0.4) is 0 Å². The van der Waals surface area contributed by atoms with E-state index in [4.69, 9.17) is 0 Å². The van der Waals surface area contributed by atoms with Gasteiger partial charge in [-0.15, -0.1) is 24.8 Å². The Morgan fingerprint density at radius 3 is 1.70 bits per heavy atom. The molecule has 0 aromatic rings. The van der Waals surface area contributed by atoms with Gasteiger partial charge in [-0.3, -0.25) is 0 Å². The largest absolute Gasteiger partial charge is 0.304 e. The van der Waals surface area contributed by atoms with E-state index in [-0.39, 0.29) is 24.8 Å². The first-order chi connectivity index (χ1) is 3.70. The number of hydrogen-bond donors (Lipinski definition) is 0. The maximum atomic E-state index is 2.32. The van der Waals surface area contributed by atoms with Crippen LogP contribution in [0.4, 0.5) is 0 Å². The number of nitrogens with zero attached hydrogens (tertiary/aromatic N) is 2. The molecule has 1 rings (SSSR count). The summed E-state index contributed by atoms with van der Waals surface area (Å²) in [4.78, 5) is 4.60. The molecule has 0 atom stereocenters. The highest BCUT2D eigenvalue weighted by molar-refractivity contribution is 5.85. The van der Waals surface area contributed by atoms with Gasteiger partial charge in [-0.1, -0.05) is 0 Å². The number of hydrogen-bond acceptors (Lipinski definition) is 2. The van der Waals surface area contributed by atoms with Gasteiger partial charge in [0.2, 0.25) is 0 Å². The number of likely N-dealkylation sites (tertiary alicyclic amines) is 1.